The predicted octanol–water partition coefficient (Wildman–Crippen LogP) is 4.89. The van der Waals surface area contributed by atoms with Crippen molar-refractivity contribution in [3.63, 3.8) is 0 Å². The minimum absolute atomic E-state index is 0.600. The summed E-state index contributed by atoms with van der Waals surface area (Å²) < 4.78 is 0. The Morgan fingerprint density at radius 2 is 1.60 bits per heavy atom. The minimum Gasteiger partial charge on any atom is -0.0620 e. The highest BCUT2D eigenvalue weighted by Crippen LogP contribution is 2.54. The summed E-state index contributed by atoms with van der Waals surface area (Å²) in [6.45, 7) is 12.4. The molecule has 3 atom stereocenters. The molecule has 2 aliphatic rings. The fraction of sp³-hybridized carbons (Fsp3) is 1.00. The Labute approximate surface area is 95.8 Å². The summed E-state index contributed by atoms with van der Waals surface area (Å²) in [5.74, 6) is 3.01. The molecule has 0 N–H and O–H groups in total. The van der Waals surface area contributed by atoms with Crippen LogP contribution >= 0.6 is 0 Å². The molecule has 0 aromatic carbocycles. The van der Waals surface area contributed by atoms with E-state index in [-0.39, 0.29) is 0 Å². The molecule has 0 aromatic rings. The van der Waals surface area contributed by atoms with E-state index in [2.05, 4.69) is 34.6 Å². The molecular formula is C15H28. The van der Waals surface area contributed by atoms with Gasteiger partial charge in [0.05, 0.1) is 0 Å². The third-order valence-electron chi connectivity index (χ3n) is 5.45. The van der Waals surface area contributed by atoms with Crippen LogP contribution in [0.15, 0.2) is 0 Å². The molecule has 0 heterocycles. The summed E-state index contributed by atoms with van der Waals surface area (Å²) in [6.07, 6.45) is 7.40. The zero-order chi connectivity index (χ0) is 11.3. The van der Waals surface area contributed by atoms with Crippen LogP contribution in [0.25, 0.3) is 0 Å². The highest BCUT2D eigenvalue weighted by Gasteiger charge is 2.43. The first-order valence-electron chi connectivity index (χ1n) is 6.80. The number of hydrogen-bond donors (Lipinski definition) is 0. The van der Waals surface area contributed by atoms with Crippen molar-refractivity contribution in [3.05, 3.63) is 0 Å². The summed E-state index contributed by atoms with van der Waals surface area (Å²) in [5, 5.41) is 0. The third-order valence-corrected chi connectivity index (χ3v) is 5.45. The van der Waals surface area contributed by atoms with Gasteiger partial charge in [-0.1, -0.05) is 34.6 Å². The first-order chi connectivity index (χ1) is 6.80. The van der Waals surface area contributed by atoms with Crippen LogP contribution in [0.3, 0.4) is 0 Å². The van der Waals surface area contributed by atoms with E-state index in [0.717, 1.165) is 17.8 Å². The number of fused-ring (bicyclic) bond motifs is 1. The van der Waals surface area contributed by atoms with Crippen molar-refractivity contribution in [2.24, 2.45) is 28.6 Å². The molecular weight excluding hydrogens is 180 g/mol. The molecule has 2 aliphatic carbocycles. The normalized spacial score (nSPS) is 43.4. The lowest BCUT2D eigenvalue weighted by molar-refractivity contribution is -0.00254. The molecule has 0 aliphatic heterocycles. The van der Waals surface area contributed by atoms with Gasteiger partial charge in [0.1, 0.15) is 0 Å². The van der Waals surface area contributed by atoms with E-state index in [1.807, 2.05) is 0 Å². The van der Waals surface area contributed by atoms with Crippen molar-refractivity contribution in [2.45, 2.75) is 66.7 Å². The van der Waals surface area contributed by atoms with Crippen molar-refractivity contribution >= 4 is 0 Å². The Morgan fingerprint density at radius 3 is 2.27 bits per heavy atom. The average Bonchev–Trinajstić information content (AvgIpc) is 2.07. The SMILES string of the molecule is CC1CC2CC(C)(C)CCC2CC1(C)C. The van der Waals surface area contributed by atoms with E-state index in [0.29, 0.717) is 10.8 Å². The summed E-state index contributed by atoms with van der Waals surface area (Å²) in [7, 11) is 0. The fourth-order valence-corrected chi connectivity index (χ4v) is 3.98. The first kappa shape index (κ1) is 11.5. The molecule has 2 fully saturated rings. The highest BCUT2D eigenvalue weighted by molar-refractivity contribution is 4.94. The van der Waals surface area contributed by atoms with Crippen LogP contribution in [0.1, 0.15) is 66.7 Å². The Bertz CT molecular complexity index is 236. The van der Waals surface area contributed by atoms with Gasteiger partial charge in [0.15, 0.2) is 0 Å². The van der Waals surface area contributed by atoms with Crippen LogP contribution in [0, 0.1) is 28.6 Å². The zero-order valence-corrected chi connectivity index (χ0v) is 11.3. The maximum Gasteiger partial charge on any atom is -0.0326 e. The van der Waals surface area contributed by atoms with Crippen LogP contribution in [0.2, 0.25) is 0 Å². The molecule has 2 rings (SSSR count). The summed E-state index contributed by atoms with van der Waals surface area (Å²) >= 11 is 0. The van der Waals surface area contributed by atoms with E-state index < -0.39 is 0 Å². The largest absolute Gasteiger partial charge is 0.0620 e. The molecule has 88 valence electrons. The molecule has 0 heteroatoms. The standard InChI is InChI=1S/C15H28/c1-11-8-13-9-14(2,3)7-6-12(13)10-15(11,4)5/h11-13H,6-10H2,1-5H3. The van der Waals surface area contributed by atoms with Gasteiger partial charge in [-0.3, -0.25) is 0 Å². The molecule has 15 heavy (non-hydrogen) atoms. The first-order valence-corrected chi connectivity index (χ1v) is 6.80. The fourth-order valence-electron chi connectivity index (χ4n) is 3.98. The van der Waals surface area contributed by atoms with E-state index in [4.69, 9.17) is 0 Å². The predicted molar refractivity (Wildman–Crippen MR) is 66.8 cm³/mol. The molecule has 0 bridgehead atoms. The minimum atomic E-state index is 0.600. The van der Waals surface area contributed by atoms with Gasteiger partial charge < -0.3 is 0 Å². The van der Waals surface area contributed by atoms with Crippen LogP contribution in [0.4, 0.5) is 0 Å². The third kappa shape index (κ3) is 2.24. The monoisotopic (exact) mass is 208 g/mol. The van der Waals surface area contributed by atoms with Crippen molar-refractivity contribution in [3.8, 4) is 0 Å². The number of hydrogen-bond acceptors (Lipinski definition) is 0. The average molecular weight is 208 g/mol. The van der Waals surface area contributed by atoms with Crippen LogP contribution in [-0.4, -0.2) is 0 Å². The van der Waals surface area contributed by atoms with E-state index >= 15 is 0 Å². The van der Waals surface area contributed by atoms with Crippen molar-refractivity contribution in [2.75, 3.05) is 0 Å². The van der Waals surface area contributed by atoms with Gasteiger partial charge in [-0.05, 0) is 60.7 Å². The summed E-state index contributed by atoms with van der Waals surface area (Å²) in [6, 6.07) is 0. The van der Waals surface area contributed by atoms with Gasteiger partial charge in [-0.25, -0.2) is 0 Å². The quantitative estimate of drug-likeness (QED) is 0.532. The van der Waals surface area contributed by atoms with Crippen LogP contribution in [-0.2, 0) is 0 Å². The summed E-state index contributed by atoms with van der Waals surface area (Å²) in [4.78, 5) is 0. The van der Waals surface area contributed by atoms with Gasteiger partial charge in [-0.2, -0.15) is 0 Å². The van der Waals surface area contributed by atoms with Crippen molar-refractivity contribution in [1.82, 2.24) is 0 Å². The lowest BCUT2D eigenvalue weighted by Crippen LogP contribution is -2.41. The van der Waals surface area contributed by atoms with E-state index in [1.165, 1.54) is 32.1 Å². The zero-order valence-electron chi connectivity index (χ0n) is 11.3. The second kappa shape index (κ2) is 3.50. The van der Waals surface area contributed by atoms with Gasteiger partial charge >= 0.3 is 0 Å². The van der Waals surface area contributed by atoms with Gasteiger partial charge in [0.25, 0.3) is 0 Å². The topological polar surface area (TPSA) is 0 Å². The van der Waals surface area contributed by atoms with Crippen molar-refractivity contribution < 1.29 is 0 Å². The second-order valence-electron chi connectivity index (χ2n) is 7.76. The molecule has 0 nitrogen and oxygen atoms in total. The maximum absolute atomic E-state index is 2.48. The van der Waals surface area contributed by atoms with E-state index in [1.54, 1.807) is 0 Å². The van der Waals surface area contributed by atoms with Crippen LogP contribution in [0.5, 0.6) is 0 Å². The van der Waals surface area contributed by atoms with Crippen LogP contribution < -0.4 is 0 Å². The maximum atomic E-state index is 2.48. The molecule has 0 aromatic heterocycles. The molecule has 3 unspecified atom stereocenters. The van der Waals surface area contributed by atoms with Gasteiger partial charge in [0.2, 0.25) is 0 Å². The Hall–Kier alpha value is 0. The Balaban J connectivity index is 2.08. The molecule has 0 radical (unpaired) electrons. The lowest BCUT2D eigenvalue weighted by Gasteiger charge is -2.51. The van der Waals surface area contributed by atoms with Gasteiger partial charge in [0, 0.05) is 0 Å². The lowest BCUT2D eigenvalue weighted by atomic mass is 9.55. The molecule has 0 amide bonds. The Morgan fingerprint density at radius 1 is 0.933 bits per heavy atom. The molecule has 2 saturated carbocycles. The second-order valence-corrected chi connectivity index (χ2v) is 7.76. The van der Waals surface area contributed by atoms with E-state index in [9.17, 15) is 0 Å². The van der Waals surface area contributed by atoms with Crippen molar-refractivity contribution in [1.29, 1.82) is 0 Å². The summed E-state index contributed by atoms with van der Waals surface area (Å²) in [5.41, 5.74) is 1.23. The molecule has 0 saturated heterocycles. The van der Waals surface area contributed by atoms with Gasteiger partial charge in [-0.15, -0.1) is 0 Å². The highest BCUT2D eigenvalue weighted by atomic mass is 14.5. The molecule has 0 spiro atoms. The smallest absolute Gasteiger partial charge is 0.0326 e. The Kier molecular flexibility index (Phi) is 2.68. The number of rotatable bonds is 0.